The lowest BCUT2D eigenvalue weighted by Gasteiger charge is -2.19. The molecule has 0 atom stereocenters. The largest absolute Gasteiger partial charge is 0.248 e. The minimum atomic E-state index is 0.214. The van der Waals surface area contributed by atoms with Crippen LogP contribution in [0.4, 0.5) is 0 Å². The van der Waals surface area contributed by atoms with E-state index in [0.29, 0.717) is 0 Å². The summed E-state index contributed by atoms with van der Waals surface area (Å²) in [7, 11) is 0. The molecule has 0 fully saturated rings. The van der Waals surface area contributed by atoms with E-state index < -0.39 is 0 Å². The highest BCUT2D eigenvalue weighted by molar-refractivity contribution is 5.27. The van der Waals surface area contributed by atoms with E-state index in [9.17, 15) is 0 Å². The molecule has 0 aliphatic carbocycles. The number of rotatable bonds is 2. The van der Waals surface area contributed by atoms with Crippen LogP contribution in [0.25, 0.3) is 0 Å². The van der Waals surface area contributed by atoms with Crippen molar-refractivity contribution in [2.45, 2.75) is 32.7 Å². The maximum atomic E-state index is 3.95. The predicted molar refractivity (Wildman–Crippen MR) is 64.3 cm³/mol. The van der Waals surface area contributed by atoms with Crippen molar-refractivity contribution in [2.24, 2.45) is 0 Å². The van der Waals surface area contributed by atoms with Gasteiger partial charge in [-0.2, -0.15) is 0 Å². The number of hydrogen-bond acceptors (Lipinski definition) is 2. The number of nitrogens with zero attached hydrogens (tertiary/aromatic N) is 3. The van der Waals surface area contributed by atoms with Crippen LogP contribution < -0.4 is 0 Å². The summed E-state index contributed by atoms with van der Waals surface area (Å²) in [6.07, 6.45) is 3.57. The first-order valence-corrected chi connectivity index (χ1v) is 5.49. The molecule has 2 aromatic rings. The van der Waals surface area contributed by atoms with Crippen molar-refractivity contribution in [1.82, 2.24) is 15.0 Å². The molecule has 3 nitrogen and oxygen atoms in total. The lowest BCUT2D eigenvalue weighted by molar-refractivity contribution is 0.589. The van der Waals surface area contributed by atoms with E-state index in [0.717, 1.165) is 6.54 Å². The molecule has 0 unspecified atom stereocenters. The lowest BCUT2D eigenvalue weighted by atomic mass is 9.87. The molecule has 1 aromatic heterocycles. The van der Waals surface area contributed by atoms with Crippen LogP contribution in [0.1, 0.15) is 31.9 Å². The van der Waals surface area contributed by atoms with Crippen LogP contribution in [-0.2, 0) is 12.0 Å². The maximum absolute atomic E-state index is 3.95. The predicted octanol–water partition coefficient (Wildman–Crippen LogP) is 2.62. The van der Waals surface area contributed by atoms with Crippen molar-refractivity contribution >= 4 is 0 Å². The van der Waals surface area contributed by atoms with Crippen molar-refractivity contribution in [3.63, 3.8) is 0 Å². The molecule has 2 rings (SSSR count). The first kappa shape index (κ1) is 10.9. The van der Waals surface area contributed by atoms with Crippen molar-refractivity contribution in [3.05, 3.63) is 47.8 Å². The summed E-state index contributed by atoms with van der Waals surface area (Å²) in [5.74, 6) is 0. The van der Waals surface area contributed by atoms with Gasteiger partial charge in [0.25, 0.3) is 0 Å². The van der Waals surface area contributed by atoms with Gasteiger partial charge >= 0.3 is 0 Å². The van der Waals surface area contributed by atoms with Crippen LogP contribution in [0.2, 0.25) is 0 Å². The molecule has 0 aliphatic heterocycles. The molecule has 0 amide bonds. The average molecular weight is 215 g/mol. The minimum absolute atomic E-state index is 0.214. The van der Waals surface area contributed by atoms with Crippen LogP contribution in [0.15, 0.2) is 36.7 Å². The molecule has 0 radical (unpaired) electrons. The monoisotopic (exact) mass is 215 g/mol. The Kier molecular flexibility index (Phi) is 2.77. The van der Waals surface area contributed by atoms with E-state index in [4.69, 9.17) is 0 Å². The van der Waals surface area contributed by atoms with Crippen LogP contribution in [0.5, 0.6) is 0 Å². The molecular formula is C13H17N3. The van der Waals surface area contributed by atoms with Gasteiger partial charge in [0.05, 0.1) is 12.7 Å². The van der Waals surface area contributed by atoms with E-state index in [1.165, 1.54) is 11.1 Å². The van der Waals surface area contributed by atoms with Gasteiger partial charge in [0.15, 0.2) is 0 Å². The molecule has 0 saturated carbocycles. The molecule has 0 saturated heterocycles. The quantitative estimate of drug-likeness (QED) is 0.771. The zero-order chi connectivity index (χ0) is 11.6. The Morgan fingerprint density at radius 3 is 2.31 bits per heavy atom. The Bertz CT molecular complexity index is 435. The summed E-state index contributed by atoms with van der Waals surface area (Å²) in [4.78, 5) is 0. The van der Waals surface area contributed by atoms with Gasteiger partial charge in [-0.3, -0.25) is 0 Å². The normalized spacial score (nSPS) is 11.7. The number of benzene rings is 1. The van der Waals surface area contributed by atoms with Gasteiger partial charge in [-0.25, -0.2) is 4.68 Å². The molecule has 16 heavy (non-hydrogen) atoms. The van der Waals surface area contributed by atoms with Crippen LogP contribution >= 0.6 is 0 Å². The molecule has 84 valence electrons. The third-order valence-electron chi connectivity index (χ3n) is 2.64. The second-order valence-corrected chi connectivity index (χ2v) is 5.05. The highest BCUT2D eigenvalue weighted by Crippen LogP contribution is 2.22. The van der Waals surface area contributed by atoms with Gasteiger partial charge in [0.2, 0.25) is 0 Å². The van der Waals surface area contributed by atoms with E-state index in [1.54, 1.807) is 6.20 Å². The fraction of sp³-hybridized carbons (Fsp3) is 0.385. The van der Waals surface area contributed by atoms with E-state index in [-0.39, 0.29) is 5.41 Å². The highest BCUT2D eigenvalue weighted by Gasteiger charge is 2.12. The Morgan fingerprint density at radius 2 is 1.81 bits per heavy atom. The summed E-state index contributed by atoms with van der Waals surface area (Å²) >= 11 is 0. The summed E-state index contributed by atoms with van der Waals surface area (Å²) in [6, 6.07) is 8.68. The molecule has 0 aliphatic rings. The molecule has 0 bridgehead atoms. The first-order chi connectivity index (χ1) is 7.55. The van der Waals surface area contributed by atoms with Gasteiger partial charge in [-0.1, -0.05) is 50.3 Å². The fourth-order valence-electron chi connectivity index (χ4n) is 1.61. The molecule has 1 aromatic carbocycles. The van der Waals surface area contributed by atoms with E-state index >= 15 is 0 Å². The standard InChI is InChI=1S/C13H17N3/c1-13(2,3)12-6-4-11(5-7-12)10-16-9-8-14-15-16/h4-9H,10H2,1-3H3. The van der Waals surface area contributed by atoms with Crippen LogP contribution in [0, 0.1) is 0 Å². The zero-order valence-electron chi connectivity index (χ0n) is 10.0. The van der Waals surface area contributed by atoms with Gasteiger partial charge < -0.3 is 0 Å². The van der Waals surface area contributed by atoms with Crippen molar-refractivity contribution in [3.8, 4) is 0 Å². The molecular weight excluding hydrogens is 198 g/mol. The summed E-state index contributed by atoms with van der Waals surface area (Å²) in [5.41, 5.74) is 2.82. The van der Waals surface area contributed by atoms with Crippen LogP contribution in [0.3, 0.4) is 0 Å². The van der Waals surface area contributed by atoms with Gasteiger partial charge in [0.1, 0.15) is 0 Å². The van der Waals surface area contributed by atoms with Crippen molar-refractivity contribution in [2.75, 3.05) is 0 Å². The van der Waals surface area contributed by atoms with Gasteiger partial charge in [-0.05, 0) is 16.5 Å². The zero-order valence-corrected chi connectivity index (χ0v) is 10.0. The molecule has 3 heteroatoms. The Balaban J connectivity index is 2.14. The second kappa shape index (κ2) is 4.08. The first-order valence-electron chi connectivity index (χ1n) is 5.49. The van der Waals surface area contributed by atoms with Gasteiger partial charge in [-0.15, -0.1) is 5.10 Å². The maximum Gasteiger partial charge on any atom is 0.0693 e. The fourth-order valence-corrected chi connectivity index (χ4v) is 1.61. The SMILES string of the molecule is CC(C)(C)c1ccc(Cn2ccnn2)cc1. The Morgan fingerprint density at radius 1 is 1.12 bits per heavy atom. The summed E-state index contributed by atoms with van der Waals surface area (Å²) in [5, 5.41) is 7.74. The molecule has 0 spiro atoms. The number of hydrogen-bond donors (Lipinski definition) is 0. The van der Waals surface area contributed by atoms with Gasteiger partial charge in [0, 0.05) is 6.20 Å². The van der Waals surface area contributed by atoms with E-state index in [2.05, 4.69) is 55.3 Å². The molecule has 1 heterocycles. The third-order valence-corrected chi connectivity index (χ3v) is 2.64. The van der Waals surface area contributed by atoms with E-state index in [1.807, 2.05) is 10.9 Å². The smallest absolute Gasteiger partial charge is 0.0693 e. The topological polar surface area (TPSA) is 30.7 Å². The minimum Gasteiger partial charge on any atom is -0.248 e. The third kappa shape index (κ3) is 2.48. The average Bonchev–Trinajstić information content (AvgIpc) is 2.70. The van der Waals surface area contributed by atoms with Crippen LogP contribution in [-0.4, -0.2) is 15.0 Å². The van der Waals surface area contributed by atoms with Crippen molar-refractivity contribution < 1.29 is 0 Å². The summed E-state index contributed by atoms with van der Waals surface area (Å²) < 4.78 is 1.83. The highest BCUT2D eigenvalue weighted by atomic mass is 15.4. The van der Waals surface area contributed by atoms with Crippen molar-refractivity contribution in [1.29, 1.82) is 0 Å². The Hall–Kier alpha value is -1.64. The summed E-state index contributed by atoms with van der Waals surface area (Å²) in [6.45, 7) is 7.45. The Labute approximate surface area is 96.1 Å². The second-order valence-electron chi connectivity index (χ2n) is 5.05. The molecule has 0 N–H and O–H groups in total. The number of aromatic nitrogens is 3. The lowest BCUT2D eigenvalue weighted by Crippen LogP contribution is -2.11.